The maximum absolute atomic E-state index is 11.4. The summed E-state index contributed by atoms with van der Waals surface area (Å²) < 4.78 is 6.57. The Morgan fingerprint density at radius 3 is 2.74 bits per heavy atom. The summed E-state index contributed by atoms with van der Waals surface area (Å²) in [5.74, 6) is 0.602. The fourth-order valence-electron chi connectivity index (χ4n) is 2.74. The molecule has 1 N–H and O–H groups in total. The molecule has 128 valence electrons. The Bertz CT molecular complexity index is 530. The molecule has 0 aliphatic carbocycles. The number of carboxylic acid groups (broad SMARTS) is 1. The Morgan fingerprint density at radius 1 is 1.43 bits per heavy atom. The second-order valence-corrected chi connectivity index (χ2v) is 7.74. The van der Waals surface area contributed by atoms with Crippen molar-refractivity contribution in [3.63, 3.8) is 0 Å². The zero-order chi connectivity index (χ0) is 17.0. The average molecular weight is 386 g/mol. The standard InChI is InChI=1S/C16H24BrN3O3/c1-16(2,3)13-11-19(6-7-20(13)15(21)22)8-9-23-14-5-4-12(17)10-18-14/h4-5,10,13H,6-9,11H2,1-3H3,(H,21,22). The highest BCUT2D eigenvalue weighted by atomic mass is 79.9. The minimum atomic E-state index is -0.833. The van der Waals surface area contributed by atoms with Crippen LogP contribution in [0.4, 0.5) is 4.79 Å². The number of amides is 1. The third kappa shape index (κ3) is 5.07. The monoisotopic (exact) mass is 385 g/mol. The molecule has 1 aliphatic heterocycles. The van der Waals surface area contributed by atoms with Crippen molar-refractivity contribution in [1.82, 2.24) is 14.8 Å². The van der Waals surface area contributed by atoms with Gasteiger partial charge in [0.2, 0.25) is 5.88 Å². The van der Waals surface area contributed by atoms with Gasteiger partial charge in [0.1, 0.15) is 6.61 Å². The van der Waals surface area contributed by atoms with Crippen LogP contribution in [0.15, 0.2) is 22.8 Å². The Labute approximate surface area is 145 Å². The van der Waals surface area contributed by atoms with Crippen molar-refractivity contribution in [2.45, 2.75) is 26.8 Å². The van der Waals surface area contributed by atoms with Crippen molar-refractivity contribution in [2.24, 2.45) is 5.41 Å². The van der Waals surface area contributed by atoms with Gasteiger partial charge in [-0.2, -0.15) is 0 Å². The minimum Gasteiger partial charge on any atom is -0.476 e. The van der Waals surface area contributed by atoms with Crippen LogP contribution < -0.4 is 4.74 Å². The van der Waals surface area contributed by atoms with Gasteiger partial charge >= 0.3 is 6.09 Å². The first-order valence-electron chi connectivity index (χ1n) is 7.73. The Hall–Kier alpha value is -1.34. The summed E-state index contributed by atoms with van der Waals surface area (Å²) in [7, 11) is 0. The van der Waals surface area contributed by atoms with Crippen LogP contribution in [0, 0.1) is 5.41 Å². The third-order valence-electron chi connectivity index (χ3n) is 4.07. The molecular formula is C16H24BrN3O3. The van der Waals surface area contributed by atoms with E-state index in [-0.39, 0.29) is 11.5 Å². The van der Waals surface area contributed by atoms with E-state index >= 15 is 0 Å². The van der Waals surface area contributed by atoms with Gasteiger partial charge in [0.15, 0.2) is 0 Å². The topological polar surface area (TPSA) is 65.9 Å². The molecule has 6 nitrogen and oxygen atoms in total. The smallest absolute Gasteiger partial charge is 0.407 e. The van der Waals surface area contributed by atoms with Gasteiger partial charge in [-0.3, -0.25) is 4.90 Å². The molecule has 7 heteroatoms. The van der Waals surface area contributed by atoms with Crippen LogP contribution in [0.25, 0.3) is 0 Å². The van der Waals surface area contributed by atoms with Gasteiger partial charge in [0, 0.05) is 42.9 Å². The van der Waals surface area contributed by atoms with Gasteiger partial charge in [-0.15, -0.1) is 0 Å². The zero-order valence-electron chi connectivity index (χ0n) is 13.8. The molecule has 1 amide bonds. The maximum atomic E-state index is 11.4. The summed E-state index contributed by atoms with van der Waals surface area (Å²) in [5, 5.41) is 9.38. The van der Waals surface area contributed by atoms with Crippen LogP contribution in [0.5, 0.6) is 5.88 Å². The van der Waals surface area contributed by atoms with Crippen LogP contribution in [-0.4, -0.2) is 64.8 Å². The lowest BCUT2D eigenvalue weighted by Gasteiger charge is -2.45. The summed E-state index contributed by atoms with van der Waals surface area (Å²) in [4.78, 5) is 19.4. The fourth-order valence-corrected chi connectivity index (χ4v) is 2.97. The molecule has 1 aromatic heterocycles. The Morgan fingerprint density at radius 2 is 2.17 bits per heavy atom. The SMILES string of the molecule is CC(C)(C)C1CN(CCOc2ccc(Br)cn2)CCN1C(=O)O. The number of aromatic nitrogens is 1. The molecule has 0 radical (unpaired) electrons. The zero-order valence-corrected chi connectivity index (χ0v) is 15.4. The molecule has 1 atom stereocenters. The Balaban J connectivity index is 1.87. The van der Waals surface area contributed by atoms with Crippen LogP contribution in [0.3, 0.4) is 0 Å². The Kier molecular flexibility index (Phi) is 5.86. The number of halogens is 1. The first-order chi connectivity index (χ1) is 10.8. The highest BCUT2D eigenvalue weighted by molar-refractivity contribution is 9.10. The fraction of sp³-hybridized carbons (Fsp3) is 0.625. The number of carbonyl (C=O) groups is 1. The lowest BCUT2D eigenvalue weighted by Crippen LogP contribution is -2.59. The quantitative estimate of drug-likeness (QED) is 0.862. The van der Waals surface area contributed by atoms with Gasteiger partial charge in [-0.05, 0) is 27.4 Å². The van der Waals surface area contributed by atoms with E-state index < -0.39 is 6.09 Å². The number of pyridine rings is 1. The molecule has 0 saturated carbocycles. The molecule has 0 spiro atoms. The molecular weight excluding hydrogens is 362 g/mol. The van der Waals surface area contributed by atoms with Gasteiger partial charge in [0.25, 0.3) is 0 Å². The lowest BCUT2D eigenvalue weighted by atomic mass is 9.84. The van der Waals surface area contributed by atoms with E-state index in [2.05, 4.69) is 46.6 Å². The number of nitrogens with zero attached hydrogens (tertiary/aromatic N) is 3. The van der Waals surface area contributed by atoms with Crippen molar-refractivity contribution >= 4 is 22.0 Å². The number of piperazine rings is 1. The predicted molar refractivity (Wildman–Crippen MR) is 91.8 cm³/mol. The van der Waals surface area contributed by atoms with Crippen molar-refractivity contribution < 1.29 is 14.6 Å². The first kappa shape index (κ1) is 18.0. The highest BCUT2D eigenvalue weighted by Gasteiger charge is 2.37. The van der Waals surface area contributed by atoms with Crippen LogP contribution >= 0.6 is 15.9 Å². The maximum Gasteiger partial charge on any atom is 0.407 e. The summed E-state index contributed by atoms with van der Waals surface area (Å²) in [5.41, 5.74) is -0.0921. The summed E-state index contributed by atoms with van der Waals surface area (Å²) in [6, 6.07) is 3.70. The average Bonchev–Trinajstić information content (AvgIpc) is 2.48. The van der Waals surface area contributed by atoms with E-state index in [1.165, 1.54) is 0 Å². The van der Waals surface area contributed by atoms with Gasteiger partial charge in [-0.1, -0.05) is 20.8 Å². The van der Waals surface area contributed by atoms with Gasteiger partial charge in [-0.25, -0.2) is 9.78 Å². The molecule has 1 unspecified atom stereocenters. The van der Waals surface area contributed by atoms with Crippen LogP contribution in [0.1, 0.15) is 20.8 Å². The molecule has 0 aromatic carbocycles. The molecule has 0 bridgehead atoms. The summed E-state index contributed by atoms with van der Waals surface area (Å²) in [6.45, 7) is 9.55. The van der Waals surface area contributed by atoms with E-state index in [0.717, 1.165) is 24.1 Å². The molecule has 2 heterocycles. The van der Waals surface area contributed by atoms with E-state index in [0.29, 0.717) is 19.0 Å². The number of hydrogen-bond donors (Lipinski definition) is 1. The van der Waals surface area contributed by atoms with Crippen LogP contribution in [-0.2, 0) is 0 Å². The summed E-state index contributed by atoms with van der Waals surface area (Å²) >= 11 is 3.34. The van der Waals surface area contributed by atoms with Crippen molar-refractivity contribution in [2.75, 3.05) is 32.8 Å². The summed E-state index contributed by atoms with van der Waals surface area (Å²) in [6.07, 6.45) is 0.872. The van der Waals surface area contributed by atoms with E-state index in [1.807, 2.05) is 12.1 Å². The van der Waals surface area contributed by atoms with E-state index in [9.17, 15) is 9.90 Å². The van der Waals surface area contributed by atoms with E-state index in [1.54, 1.807) is 11.1 Å². The number of ether oxygens (including phenoxy) is 1. The molecule has 1 aliphatic rings. The normalized spacial score (nSPS) is 19.7. The predicted octanol–water partition coefficient (Wildman–Crippen LogP) is 2.93. The molecule has 1 aromatic rings. The lowest BCUT2D eigenvalue weighted by molar-refractivity contribution is 0.0178. The minimum absolute atomic E-state index is 0.0143. The second-order valence-electron chi connectivity index (χ2n) is 6.82. The highest BCUT2D eigenvalue weighted by Crippen LogP contribution is 2.27. The molecule has 2 rings (SSSR count). The van der Waals surface area contributed by atoms with Crippen molar-refractivity contribution in [1.29, 1.82) is 0 Å². The van der Waals surface area contributed by atoms with Crippen molar-refractivity contribution in [3.8, 4) is 5.88 Å². The first-order valence-corrected chi connectivity index (χ1v) is 8.53. The molecule has 1 fully saturated rings. The van der Waals surface area contributed by atoms with E-state index in [4.69, 9.17) is 4.74 Å². The van der Waals surface area contributed by atoms with Gasteiger partial charge < -0.3 is 14.7 Å². The second kappa shape index (κ2) is 7.49. The van der Waals surface area contributed by atoms with Gasteiger partial charge in [0.05, 0.1) is 6.04 Å². The van der Waals surface area contributed by atoms with Crippen LogP contribution in [0.2, 0.25) is 0 Å². The number of hydrogen-bond acceptors (Lipinski definition) is 4. The van der Waals surface area contributed by atoms with Crippen molar-refractivity contribution in [3.05, 3.63) is 22.8 Å². The largest absolute Gasteiger partial charge is 0.476 e. The number of rotatable bonds is 4. The molecule has 1 saturated heterocycles. The molecule has 23 heavy (non-hydrogen) atoms. The third-order valence-corrected chi connectivity index (χ3v) is 4.54.